The molecule has 0 saturated heterocycles. The van der Waals surface area contributed by atoms with Crippen molar-refractivity contribution < 1.29 is 94.9 Å². The largest absolute Gasteiger partial charge is 1.00 e. The van der Waals surface area contributed by atoms with E-state index in [9.17, 15) is 55.8 Å². The van der Waals surface area contributed by atoms with Crippen molar-refractivity contribution in [1.82, 2.24) is 0 Å². The smallest absolute Gasteiger partial charge is 0.744 e. The number of benzene rings is 4. The van der Waals surface area contributed by atoms with Crippen LogP contribution in [0.25, 0.3) is 0 Å². The SMILES string of the molecule is O=c1c(N=Nc2ccc([N+](=O)[O-])cc2S(=O)(=O)[O-])c/c(=N/Nc2ccc(S(=O)(=O)[O-])cc2)c(=O)/c1=N\Nc1ccc([N+](=O)[O-])cc1.[Na+].[Na+]. The van der Waals surface area contributed by atoms with Crippen LogP contribution in [0, 0.1) is 20.2 Å². The van der Waals surface area contributed by atoms with E-state index >= 15 is 0 Å². The Morgan fingerprint density at radius 2 is 1.10 bits per heavy atom. The molecule has 0 heterocycles. The van der Waals surface area contributed by atoms with E-state index in [-0.39, 0.29) is 76.2 Å². The first-order valence-electron chi connectivity index (χ1n) is 12.0. The van der Waals surface area contributed by atoms with Crippen LogP contribution in [0.2, 0.25) is 0 Å². The molecular formula is C24H14N8Na2O12S2. The van der Waals surface area contributed by atoms with Crippen LogP contribution in [-0.4, -0.2) is 35.8 Å². The van der Waals surface area contributed by atoms with E-state index in [4.69, 9.17) is 0 Å². The van der Waals surface area contributed by atoms with E-state index in [0.717, 1.165) is 54.6 Å². The molecule has 0 unspecified atom stereocenters. The zero-order chi connectivity index (χ0) is 33.8. The molecule has 0 spiro atoms. The molecular weight excluding hydrogens is 702 g/mol. The maximum absolute atomic E-state index is 13.2. The van der Waals surface area contributed by atoms with Crippen molar-refractivity contribution in [3.05, 3.63) is 124 Å². The molecule has 0 aliphatic heterocycles. The summed E-state index contributed by atoms with van der Waals surface area (Å²) in [5.41, 5.74) is 0.328. The number of nitrogens with one attached hydrogen (secondary N) is 2. The molecule has 0 atom stereocenters. The molecule has 0 bridgehead atoms. The monoisotopic (exact) mass is 716 g/mol. The van der Waals surface area contributed by atoms with E-state index < -0.39 is 78.5 Å². The number of nitrogens with zero attached hydrogens (tertiary/aromatic N) is 6. The number of hydrogen-bond donors (Lipinski definition) is 2. The van der Waals surface area contributed by atoms with Crippen LogP contribution in [0.4, 0.5) is 34.1 Å². The van der Waals surface area contributed by atoms with Gasteiger partial charge in [-0.15, -0.1) is 10.2 Å². The van der Waals surface area contributed by atoms with E-state index in [0.29, 0.717) is 6.07 Å². The van der Waals surface area contributed by atoms with Crippen LogP contribution in [0.1, 0.15) is 0 Å². The predicted octanol–water partition coefficient (Wildman–Crippen LogP) is -4.81. The first-order valence-corrected chi connectivity index (χ1v) is 14.8. The molecule has 4 aromatic rings. The van der Waals surface area contributed by atoms with Crippen molar-refractivity contribution in [2.45, 2.75) is 9.79 Å². The van der Waals surface area contributed by atoms with E-state index in [1.165, 1.54) is 12.1 Å². The summed E-state index contributed by atoms with van der Waals surface area (Å²) in [6, 6.07) is 11.7. The Kier molecular flexibility index (Phi) is 13.6. The summed E-state index contributed by atoms with van der Waals surface area (Å²) in [7, 11) is -10.1. The Bertz CT molecular complexity index is 2370. The van der Waals surface area contributed by atoms with Gasteiger partial charge in [0.15, 0.2) is 5.36 Å². The summed E-state index contributed by atoms with van der Waals surface area (Å²) in [4.78, 5) is 44.9. The quantitative estimate of drug-likeness (QED) is 0.0512. The number of azo groups is 1. The third kappa shape index (κ3) is 9.96. The van der Waals surface area contributed by atoms with Gasteiger partial charge >= 0.3 is 59.1 Å². The fourth-order valence-corrected chi connectivity index (χ4v) is 4.57. The summed E-state index contributed by atoms with van der Waals surface area (Å²) in [6.45, 7) is 0. The zero-order valence-electron chi connectivity index (χ0n) is 24.3. The van der Waals surface area contributed by atoms with Crippen LogP contribution < -0.4 is 91.5 Å². The molecule has 0 fully saturated rings. The minimum absolute atomic E-state index is 0. The Hall–Kier alpha value is -4.10. The molecule has 0 amide bonds. The van der Waals surface area contributed by atoms with Gasteiger partial charge in [-0.2, -0.15) is 10.2 Å². The Balaban J connectivity index is 0.00000400. The second kappa shape index (κ2) is 16.3. The van der Waals surface area contributed by atoms with Crippen molar-refractivity contribution in [2.24, 2.45) is 20.4 Å². The molecule has 0 aromatic heterocycles. The second-order valence-corrected chi connectivity index (χ2v) is 11.4. The molecule has 4 aromatic carbocycles. The van der Waals surface area contributed by atoms with Gasteiger partial charge in [0.2, 0.25) is 10.9 Å². The number of nitro groups is 2. The fourth-order valence-electron chi connectivity index (χ4n) is 3.47. The van der Waals surface area contributed by atoms with Crippen LogP contribution in [0.5, 0.6) is 0 Å². The number of non-ortho nitro benzene ring substituents is 2. The second-order valence-electron chi connectivity index (χ2n) is 8.71. The van der Waals surface area contributed by atoms with Gasteiger partial charge < -0.3 is 9.11 Å². The van der Waals surface area contributed by atoms with E-state index in [2.05, 4.69) is 31.3 Å². The number of hydrogen-bond acceptors (Lipinski definition) is 18. The van der Waals surface area contributed by atoms with Crippen molar-refractivity contribution in [1.29, 1.82) is 0 Å². The first kappa shape index (κ1) is 40.1. The van der Waals surface area contributed by atoms with Crippen LogP contribution >= 0.6 is 0 Å². The molecule has 2 N–H and O–H groups in total. The maximum atomic E-state index is 13.2. The predicted molar refractivity (Wildman–Crippen MR) is 152 cm³/mol. The molecule has 20 nitrogen and oxygen atoms in total. The average Bonchev–Trinajstić information content (AvgIpc) is 2.99. The zero-order valence-corrected chi connectivity index (χ0v) is 30.0. The molecule has 24 heteroatoms. The van der Waals surface area contributed by atoms with Crippen molar-refractivity contribution >= 4 is 54.4 Å². The number of rotatable bonds is 10. The number of anilines is 2. The first-order chi connectivity index (χ1) is 21.5. The van der Waals surface area contributed by atoms with Crippen molar-refractivity contribution in [3.63, 3.8) is 0 Å². The van der Waals surface area contributed by atoms with Gasteiger partial charge in [-0.1, -0.05) is 0 Å². The summed E-state index contributed by atoms with van der Waals surface area (Å²) in [6.07, 6.45) is 0. The average molecular weight is 717 g/mol. The van der Waals surface area contributed by atoms with Gasteiger partial charge in [0.25, 0.3) is 11.4 Å². The molecule has 4 rings (SSSR count). The van der Waals surface area contributed by atoms with Crippen molar-refractivity contribution in [2.75, 3.05) is 10.9 Å². The van der Waals surface area contributed by atoms with Crippen LogP contribution in [0.3, 0.4) is 0 Å². The maximum Gasteiger partial charge on any atom is 1.00 e. The molecule has 0 saturated carbocycles. The minimum Gasteiger partial charge on any atom is -0.744 e. The normalized spacial score (nSPS) is 12.2. The van der Waals surface area contributed by atoms with Crippen molar-refractivity contribution in [3.8, 4) is 0 Å². The standard InChI is InChI=1S/C24H16N8O12S2.2Na/c33-23-19(28-25-14-3-8-17(9-4-14)45(39,40)41)12-20(24(34)22(23)30-26-13-1-5-15(6-2-13)31(35)36)29-27-18-10-7-16(32(37)38)11-21(18)46(42,43)44;;/h1-12,25-26H,(H,39,40,41)(H,42,43,44);;/q;2*+1/p-2/b28-19-,29-27?,30-22+;;. The number of nitro benzene ring substituents is 2. The Morgan fingerprint density at radius 1 is 0.604 bits per heavy atom. The topological polar surface area (TPSA) is 308 Å². The third-order valence-electron chi connectivity index (χ3n) is 5.68. The van der Waals surface area contributed by atoms with Gasteiger partial charge in [0.1, 0.15) is 37.0 Å². The summed E-state index contributed by atoms with van der Waals surface area (Å²) < 4.78 is 68.6. The van der Waals surface area contributed by atoms with E-state index in [1.807, 2.05) is 0 Å². The molecule has 236 valence electrons. The summed E-state index contributed by atoms with van der Waals surface area (Å²) >= 11 is 0. The molecule has 48 heavy (non-hydrogen) atoms. The molecule has 0 aliphatic carbocycles. The van der Waals surface area contributed by atoms with Gasteiger partial charge in [0, 0.05) is 30.3 Å². The van der Waals surface area contributed by atoms with Crippen LogP contribution in [0.15, 0.2) is 113 Å². The van der Waals surface area contributed by atoms with Gasteiger partial charge in [-0.25, -0.2) is 16.8 Å². The minimum atomic E-state index is -5.32. The van der Waals surface area contributed by atoms with E-state index in [1.54, 1.807) is 0 Å². The molecule has 0 radical (unpaired) electrons. The Labute approximate surface area is 312 Å². The summed E-state index contributed by atoms with van der Waals surface area (Å²) in [5.74, 6) is 0. The molecule has 0 aliphatic rings. The van der Waals surface area contributed by atoms with Crippen LogP contribution in [-0.2, 0) is 20.2 Å². The summed E-state index contributed by atoms with van der Waals surface area (Å²) in [5, 5.41) is 35.3. The van der Waals surface area contributed by atoms with Gasteiger partial charge in [0.05, 0.1) is 31.0 Å². The Morgan fingerprint density at radius 3 is 1.62 bits per heavy atom. The van der Waals surface area contributed by atoms with Gasteiger partial charge in [-0.05, 0) is 42.5 Å². The van der Waals surface area contributed by atoms with Gasteiger partial charge in [-0.3, -0.25) is 40.7 Å². The third-order valence-corrected chi connectivity index (χ3v) is 7.40. The fraction of sp³-hybridized carbons (Fsp3) is 0.